The van der Waals surface area contributed by atoms with Gasteiger partial charge in [0, 0.05) is 45.7 Å². The maximum atomic E-state index is 13.0. The van der Waals surface area contributed by atoms with Crippen molar-refractivity contribution in [2.75, 3.05) is 0 Å². The molecule has 0 saturated heterocycles. The highest BCUT2D eigenvalue weighted by Crippen LogP contribution is 2.37. The largest absolute Gasteiger partial charge is 0.341 e. The van der Waals surface area contributed by atoms with E-state index in [2.05, 4.69) is 54.0 Å². The Balaban J connectivity index is 2.21. The number of rotatable bonds is 2. The van der Waals surface area contributed by atoms with Crippen LogP contribution in [0.2, 0.25) is 0 Å². The topological polar surface area (TPSA) is 26.9 Å². The Morgan fingerprint density at radius 2 is 1.15 bits per heavy atom. The highest BCUT2D eigenvalue weighted by atomic mass is 16.1. The van der Waals surface area contributed by atoms with Gasteiger partial charge in [-0.25, -0.2) is 0 Å². The van der Waals surface area contributed by atoms with Gasteiger partial charge in [-0.05, 0) is 43.5 Å². The van der Waals surface area contributed by atoms with E-state index in [4.69, 9.17) is 0 Å². The molecule has 5 rings (SSSR count). The van der Waals surface area contributed by atoms with Crippen LogP contribution in [0.3, 0.4) is 0 Å². The molecular weight excluding hydrogens is 320 g/mol. The molecule has 0 spiro atoms. The summed E-state index contributed by atoms with van der Waals surface area (Å²) >= 11 is 0. The molecule has 3 nitrogen and oxygen atoms in total. The highest BCUT2D eigenvalue weighted by Gasteiger charge is 2.17. The molecule has 0 fully saturated rings. The summed E-state index contributed by atoms with van der Waals surface area (Å²) in [7, 11) is 0. The Bertz CT molecular complexity index is 1370. The van der Waals surface area contributed by atoms with E-state index in [-0.39, 0.29) is 5.56 Å². The first kappa shape index (κ1) is 15.2. The lowest BCUT2D eigenvalue weighted by molar-refractivity contribution is 0.767. The number of benzene rings is 3. The van der Waals surface area contributed by atoms with E-state index in [1.807, 2.05) is 29.7 Å². The molecule has 3 aromatic carbocycles. The lowest BCUT2D eigenvalue weighted by atomic mass is 10.0. The lowest BCUT2D eigenvalue weighted by Crippen LogP contribution is -2.19. The van der Waals surface area contributed by atoms with Crippen molar-refractivity contribution in [1.29, 1.82) is 0 Å². The van der Waals surface area contributed by atoms with Crippen molar-refractivity contribution in [3.05, 3.63) is 71.0 Å². The quantitative estimate of drug-likeness (QED) is 0.400. The van der Waals surface area contributed by atoms with E-state index < -0.39 is 0 Å². The minimum atomic E-state index is 0.0918. The van der Waals surface area contributed by atoms with E-state index in [9.17, 15) is 4.79 Å². The monoisotopic (exact) mass is 340 g/mol. The minimum Gasteiger partial charge on any atom is -0.341 e. The molecule has 0 bridgehead atoms. The second-order valence-electron chi connectivity index (χ2n) is 6.71. The van der Waals surface area contributed by atoms with Crippen LogP contribution in [-0.4, -0.2) is 9.13 Å². The fourth-order valence-electron chi connectivity index (χ4n) is 4.42. The van der Waals surface area contributed by atoms with Crippen LogP contribution in [0.25, 0.3) is 43.5 Å². The van der Waals surface area contributed by atoms with Crippen molar-refractivity contribution in [3.63, 3.8) is 0 Å². The first-order valence-electron chi connectivity index (χ1n) is 9.21. The summed E-state index contributed by atoms with van der Waals surface area (Å²) in [6.07, 6.45) is 0. The molecule has 0 saturated carbocycles. The van der Waals surface area contributed by atoms with Crippen LogP contribution in [0.1, 0.15) is 13.8 Å². The molecule has 2 aromatic heterocycles. The molecule has 0 aliphatic carbocycles. The molecule has 0 aliphatic rings. The standard InChI is InChI=1S/C23H20N2O/c1-3-24-18-12-8-7-11-17(18)22-19(24)13-14-20-21(22)15-9-5-6-10-16(15)23(26)25(20)4-2/h5-14H,3-4H2,1-2H3. The molecule has 0 unspecified atom stereocenters. The third kappa shape index (κ3) is 1.80. The number of pyridine rings is 1. The summed E-state index contributed by atoms with van der Waals surface area (Å²) in [6, 6.07) is 20.8. The molecule has 0 aliphatic heterocycles. The zero-order valence-corrected chi connectivity index (χ0v) is 15.0. The van der Waals surface area contributed by atoms with Gasteiger partial charge < -0.3 is 9.13 Å². The summed E-state index contributed by atoms with van der Waals surface area (Å²) in [5.74, 6) is 0. The highest BCUT2D eigenvalue weighted by molar-refractivity contribution is 6.27. The van der Waals surface area contributed by atoms with Gasteiger partial charge in [-0.3, -0.25) is 4.79 Å². The van der Waals surface area contributed by atoms with E-state index >= 15 is 0 Å². The molecule has 2 heterocycles. The molecule has 3 heteroatoms. The first-order chi connectivity index (χ1) is 12.8. The summed E-state index contributed by atoms with van der Waals surface area (Å²) in [5, 5.41) is 5.52. The van der Waals surface area contributed by atoms with Gasteiger partial charge >= 0.3 is 0 Å². The van der Waals surface area contributed by atoms with Gasteiger partial charge in [0.1, 0.15) is 0 Å². The maximum absolute atomic E-state index is 13.0. The molecule has 26 heavy (non-hydrogen) atoms. The summed E-state index contributed by atoms with van der Waals surface area (Å²) in [5.41, 5.74) is 3.58. The fraction of sp³-hybridized carbons (Fsp3) is 0.174. The van der Waals surface area contributed by atoms with Crippen molar-refractivity contribution in [3.8, 4) is 0 Å². The SMILES string of the molecule is CCn1c(=O)c2ccccc2c2c3c4ccccc4n(CC)c3ccc21. The smallest absolute Gasteiger partial charge is 0.258 e. The molecule has 0 N–H and O–H groups in total. The maximum Gasteiger partial charge on any atom is 0.258 e. The Labute approximate surface area is 151 Å². The number of aryl methyl sites for hydroxylation is 2. The zero-order valence-electron chi connectivity index (χ0n) is 15.0. The molecule has 0 radical (unpaired) electrons. The van der Waals surface area contributed by atoms with Gasteiger partial charge in [0.2, 0.25) is 0 Å². The minimum absolute atomic E-state index is 0.0918. The van der Waals surface area contributed by atoms with Gasteiger partial charge in [0.15, 0.2) is 0 Å². The van der Waals surface area contributed by atoms with Crippen molar-refractivity contribution in [2.24, 2.45) is 0 Å². The van der Waals surface area contributed by atoms with Gasteiger partial charge in [-0.15, -0.1) is 0 Å². The third-order valence-corrected chi connectivity index (χ3v) is 5.51. The molecular formula is C23H20N2O. The van der Waals surface area contributed by atoms with Gasteiger partial charge in [0.25, 0.3) is 5.56 Å². The van der Waals surface area contributed by atoms with E-state index in [1.165, 1.54) is 27.2 Å². The van der Waals surface area contributed by atoms with Crippen LogP contribution in [0.4, 0.5) is 0 Å². The summed E-state index contributed by atoms with van der Waals surface area (Å²) < 4.78 is 4.26. The number of para-hydroxylation sites is 1. The Morgan fingerprint density at radius 3 is 1.85 bits per heavy atom. The Kier molecular flexibility index (Phi) is 3.20. The van der Waals surface area contributed by atoms with Crippen LogP contribution in [0, 0.1) is 0 Å². The van der Waals surface area contributed by atoms with E-state index in [0.29, 0.717) is 6.54 Å². The first-order valence-corrected chi connectivity index (χ1v) is 9.21. The van der Waals surface area contributed by atoms with Crippen molar-refractivity contribution >= 4 is 43.5 Å². The second kappa shape index (κ2) is 5.46. The van der Waals surface area contributed by atoms with Crippen LogP contribution < -0.4 is 5.56 Å². The Morgan fingerprint density at radius 1 is 0.615 bits per heavy atom. The van der Waals surface area contributed by atoms with E-state index in [1.54, 1.807) is 0 Å². The van der Waals surface area contributed by atoms with Crippen LogP contribution in [0.15, 0.2) is 65.5 Å². The predicted octanol–water partition coefficient (Wildman–Crippen LogP) is 5.30. The number of aromatic nitrogens is 2. The summed E-state index contributed by atoms with van der Waals surface area (Å²) in [4.78, 5) is 13.0. The Hall–Kier alpha value is -3.07. The average molecular weight is 340 g/mol. The van der Waals surface area contributed by atoms with E-state index in [0.717, 1.165) is 22.8 Å². The van der Waals surface area contributed by atoms with Crippen molar-refractivity contribution in [2.45, 2.75) is 26.9 Å². The molecule has 5 aromatic rings. The second-order valence-corrected chi connectivity index (χ2v) is 6.71. The normalized spacial score (nSPS) is 11.9. The molecule has 0 amide bonds. The summed E-state index contributed by atoms with van der Waals surface area (Å²) in [6.45, 7) is 5.80. The molecule has 0 atom stereocenters. The third-order valence-electron chi connectivity index (χ3n) is 5.51. The lowest BCUT2D eigenvalue weighted by Gasteiger charge is -2.13. The number of hydrogen-bond donors (Lipinski definition) is 0. The average Bonchev–Trinajstić information content (AvgIpc) is 3.02. The zero-order chi connectivity index (χ0) is 17.8. The van der Waals surface area contributed by atoms with Crippen molar-refractivity contribution in [1.82, 2.24) is 9.13 Å². The number of hydrogen-bond acceptors (Lipinski definition) is 1. The van der Waals surface area contributed by atoms with Crippen LogP contribution >= 0.6 is 0 Å². The van der Waals surface area contributed by atoms with Gasteiger partial charge in [-0.1, -0.05) is 36.4 Å². The molecule has 128 valence electrons. The van der Waals surface area contributed by atoms with Crippen LogP contribution in [0.5, 0.6) is 0 Å². The number of nitrogens with zero attached hydrogens (tertiary/aromatic N) is 2. The van der Waals surface area contributed by atoms with Gasteiger partial charge in [0.05, 0.1) is 5.52 Å². The fourth-order valence-corrected chi connectivity index (χ4v) is 4.42. The van der Waals surface area contributed by atoms with Gasteiger partial charge in [-0.2, -0.15) is 0 Å². The predicted molar refractivity (Wildman–Crippen MR) is 110 cm³/mol. The number of fused-ring (bicyclic) bond motifs is 7. The van der Waals surface area contributed by atoms with Crippen LogP contribution in [-0.2, 0) is 13.1 Å². The van der Waals surface area contributed by atoms with Crippen molar-refractivity contribution < 1.29 is 0 Å².